The van der Waals surface area contributed by atoms with Gasteiger partial charge in [-0.15, -0.1) is 0 Å². The molecule has 0 heterocycles. The first-order valence-electron chi connectivity index (χ1n) is 6.59. The van der Waals surface area contributed by atoms with E-state index in [9.17, 15) is 4.79 Å². The Hall–Kier alpha value is -1.04. The van der Waals surface area contributed by atoms with Gasteiger partial charge in [0.15, 0.2) is 5.11 Å². The second-order valence-electron chi connectivity index (χ2n) is 4.68. The predicted molar refractivity (Wildman–Crippen MR) is 91.4 cm³/mol. The van der Waals surface area contributed by atoms with Crippen molar-refractivity contribution in [1.82, 2.24) is 4.90 Å². The van der Waals surface area contributed by atoms with Crippen molar-refractivity contribution in [2.24, 2.45) is 0 Å². The number of hydrogen-bond donors (Lipinski definition) is 2. The fourth-order valence-electron chi connectivity index (χ4n) is 1.70. The first kappa shape index (κ1) is 18.0. The Bertz CT molecular complexity index is 512. The fraction of sp³-hybridized carbons (Fsp3) is 0.429. The summed E-state index contributed by atoms with van der Waals surface area (Å²) in [6, 6.07) is 5.23. The van der Waals surface area contributed by atoms with Gasteiger partial charge < -0.3 is 15.3 Å². The molecule has 0 atom stereocenters. The molecule has 4 nitrogen and oxygen atoms in total. The SMILES string of the molecule is CN(CCCCCC(=O)O)C(=S)Nc1ccc(Cl)c(Cl)c1. The molecule has 1 aromatic carbocycles. The summed E-state index contributed by atoms with van der Waals surface area (Å²) in [6.07, 6.45) is 2.67. The molecule has 0 aliphatic heterocycles. The van der Waals surface area contributed by atoms with Crippen molar-refractivity contribution in [1.29, 1.82) is 0 Å². The van der Waals surface area contributed by atoms with Gasteiger partial charge >= 0.3 is 5.97 Å². The van der Waals surface area contributed by atoms with Crippen molar-refractivity contribution in [2.75, 3.05) is 18.9 Å². The van der Waals surface area contributed by atoms with E-state index < -0.39 is 5.97 Å². The number of benzene rings is 1. The average molecular weight is 349 g/mol. The summed E-state index contributed by atoms with van der Waals surface area (Å²) in [4.78, 5) is 12.3. The Morgan fingerprint density at radius 2 is 2.00 bits per heavy atom. The van der Waals surface area contributed by atoms with E-state index in [1.807, 2.05) is 11.9 Å². The average Bonchev–Trinajstić information content (AvgIpc) is 2.42. The van der Waals surface area contributed by atoms with Crippen LogP contribution in [-0.4, -0.2) is 34.7 Å². The van der Waals surface area contributed by atoms with Crippen molar-refractivity contribution in [3.8, 4) is 0 Å². The van der Waals surface area contributed by atoms with Gasteiger partial charge in [-0.25, -0.2) is 0 Å². The number of carboxylic acid groups (broad SMARTS) is 1. The van der Waals surface area contributed by atoms with Gasteiger partial charge in [0.2, 0.25) is 0 Å². The number of carboxylic acids is 1. The third-order valence-corrected chi connectivity index (χ3v) is 4.05. The molecule has 7 heteroatoms. The topological polar surface area (TPSA) is 52.6 Å². The van der Waals surface area contributed by atoms with Crippen LogP contribution in [0.1, 0.15) is 25.7 Å². The molecule has 0 bridgehead atoms. The van der Waals surface area contributed by atoms with Crippen LogP contribution in [0.3, 0.4) is 0 Å². The van der Waals surface area contributed by atoms with E-state index in [2.05, 4.69) is 5.32 Å². The van der Waals surface area contributed by atoms with Crippen molar-refractivity contribution >= 4 is 52.2 Å². The smallest absolute Gasteiger partial charge is 0.303 e. The standard InChI is InChI=1S/C14H18Cl2N2O2S/c1-18(8-4-2-3-5-13(19)20)14(21)17-10-6-7-11(15)12(16)9-10/h6-7,9H,2-5,8H2,1H3,(H,17,21)(H,19,20). The maximum Gasteiger partial charge on any atom is 0.303 e. The largest absolute Gasteiger partial charge is 0.481 e. The number of thiocarbonyl (C=S) groups is 1. The molecule has 0 unspecified atom stereocenters. The van der Waals surface area contributed by atoms with E-state index in [1.165, 1.54) is 0 Å². The highest BCUT2D eigenvalue weighted by molar-refractivity contribution is 7.80. The molecule has 0 saturated heterocycles. The van der Waals surface area contributed by atoms with Gasteiger partial charge in [-0.2, -0.15) is 0 Å². The monoisotopic (exact) mass is 348 g/mol. The first-order valence-corrected chi connectivity index (χ1v) is 7.75. The van der Waals surface area contributed by atoms with Crippen molar-refractivity contribution in [3.63, 3.8) is 0 Å². The molecular weight excluding hydrogens is 331 g/mol. The summed E-state index contributed by atoms with van der Waals surface area (Å²) in [7, 11) is 1.89. The first-order chi connectivity index (χ1) is 9.90. The zero-order valence-corrected chi connectivity index (χ0v) is 14.1. The number of anilines is 1. The number of aliphatic carboxylic acids is 1. The Labute approximate surface area is 140 Å². The van der Waals surface area contributed by atoms with Gasteiger partial charge in [-0.05, 0) is 43.3 Å². The summed E-state index contributed by atoms with van der Waals surface area (Å²) >= 11 is 17.1. The Morgan fingerprint density at radius 3 is 2.62 bits per heavy atom. The predicted octanol–water partition coefficient (Wildman–Crippen LogP) is 4.27. The van der Waals surface area contributed by atoms with Gasteiger partial charge in [0.05, 0.1) is 10.0 Å². The van der Waals surface area contributed by atoms with Crippen LogP contribution >= 0.6 is 35.4 Å². The Kier molecular flexibility index (Phi) is 7.78. The maximum absolute atomic E-state index is 10.4. The zero-order valence-electron chi connectivity index (χ0n) is 11.7. The summed E-state index contributed by atoms with van der Waals surface area (Å²) in [5.74, 6) is -0.750. The summed E-state index contributed by atoms with van der Waals surface area (Å²) in [5, 5.41) is 13.2. The van der Waals surface area contributed by atoms with Crippen LogP contribution in [0.5, 0.6) is 0 Å². The highest BCUT2D eigenvalue weighted by Gasteiger charge is 2.06. The lowest BCUT2D eigenvalue weighted by molar-refractivity contribution is -0.137. The quantitative estimate of drug-likeness (QED) is 0.569. The van der Waals surface area contributed by atoms with Crippen LogP contribution in [-0.2, 0) is 4.79 Å². The molecule has 0 aliphatic rings. The number of rotatable bonds is 7. The van der Waals surface area contributed by atoms with E-state index in [1.54, 1.807) is 18.2 Å². The van der Waals surface area contributed by atoms with Crippen LogP contribution in [0, 0.1) is 0 Å². The normalized spacial score (nSPS) is 10.2. The second-order valence-corrected chi connectivity index (χ2v) is 5.89. The lowest BCUT2D eigenvalue weighted by atomic mass is 10.2. The molecule has 1 aromatic rings. The van der Waals surface area contributed by atoms with Gasteiger partial charge in [0.25, 0.3) is 0 Å². The lowest BCUT2D eigenvalue weighted by Gasteiger charge is -2.21. The van der Waals surface area contributed by atoms with Gasteiger partial charge in [-0.3, -0.25) is 4.79 Å². The fourth-order valence-corrected chi connectivity index (χ4v) is 2.20. The van der Waals surface area contributed by atoms with Crippen LogP contribution < -0.4 is 5.32 Å². The van der Waals surface area contributed by atoms with Crippen molar-refractivity contribution < 1.29 is 9.90 Å². The minimum absolute atomic E-state index is 0.218. The molecule has 1 rings (SSSR count). The van der Waals surface area contributed by atoms with E-state index >= 15 is 0 Å². The molecule has 0 amide bonds. The molecule has 116 valence electrons. The Balaban J connectivity index is 2.33. The van der Waals surface area contributed by atoms with Crippen LogP contribution in [0.4, 0.5) is 5.69 Å². The molecule has 2 N–H and O–H groups in total. The van der Waals surface area contributed by atoms with E-state index in [4.69, 9.17) is 40.5 Å². The third-order valence-electron chi connectivity index (χ3n) is 2.90. The molecule has 0 aliphatic carbocycles. The molecule has 0 radical (unpaired) electrons. The Morgan fingerprint density at radius 1 is 1.29 bits per heavy atom. The highest BCUT2D eigenvalue weighted by Crippen LogP contribution is 2.25. The second kappa shape index (κ2) is 9.07. The third kappa shape index (κ3) is 6.98. The molecule has 0 saturated carbocycles. The highest BCUT2D eigenvalue weighted by atomic mass is 35.5. The van der Waals surface area contributed by atoms with Crippen LogP contribution in [0.15, 0.2) is 18.2 Å². The van der Waals surface area contributed by atoms with Crippen LogP contribution in [0.25, 0.3) is 0 Å². The minimum Gasteiger partial charge on any atom is -0.481 e. The van der Waals surface area contributed by atoms with E-state index in [-0.39, 0.29) is 6.42 Å². The van der Waals surface area contributed by atoms with Crippen LogP contribution in [0.2, 0.25) is 10.0 Å². The number of nitrogens with zero attached hydrogens (tertiary/aromatic N) is 1. The van der Waals surface area contributed by atoms with E-state index in [0.717, 1.165) is 25.1 Å². The van der Waals surface area contributed by atoms with Gasteiger partial charge in [-0.1, -0.05) is 29.6 Å². The lowest BCUT2D eigenvalue weighted by Crippen LogP contribution is -2.31. The zero-order chi connectivity index (χ0) is 15.8. The van der Waals surface area contributed by atoms with E-state index in [0.29, 0.717) is 21.6 Å². The summed E-state index contributed by atoms with van der Waals surface area (Å²) < 4.78 is 0. The number of carbonyl (C=O) groups is 1. The maximum atomic E-state index is 10.4. The molecule has 21 heavy (non-hydrogen) atoms. The van der Waals surface area contributed by atoms with Crippen molar-refractivity contribution in [2.45, 2.75) is 25.7 Å². The summed E-state index contributed by atoms with van der Waals surface area (Å²) in [6.45, 7) is 0.771. The van der Waals surface area contributed by atoms with Gasteiger partial charge in [0, 0.05) is 25.7 Å². The van der Waals surface area contributed by atoms with Gasteiger partial charge in [0.1, 0.15) is 0 Å². The molecule has 0 spiro atoms. The number of halogens is 2. The summed E-state index contributed by atoms with van der Waals surface area (Å²) in [5.41, 5.74) is 0.784. The molecule has 0 fully saturated rings. The van der Waals surface area contributed by atoms with Crippen molar-refractivity contribution in [3.05, 3.63) is 28.2 Å². The molecule has 0 aromatic heterocycles. The number of unbranched alkanes of at least 4 members (excludes halogenated alkanes) is 2. The minimum atomic E-state index is -0.750. The number of nitrogens with one attached hydrogen (secondary N) is 1. The number of hydrogen-bond acceptors (Lipinski definition) is 2. The molecular formula is C14H18Cl2N2O2S.